The third kappa shape index (κ3) is 5.87. The topological polar surface area (TPSA) is 72.5 Å². The number of carbonyl (C=O) groups is 1. The third-order valence-corrected chi connectivity index (χ3v) is 4.05. The van der Waals surface area contributed by atoms with Gasteiger partial charge in [0.2, 0.25) is 0 Å². The highest BCUT2D eigenvalue weighted by molar-refractivity contribution is 5.66. The van der Waals surface area contributed by atoms with Gasteiger partial charge < -0.3 is 15.6 Å². The highest BCUT2D eigenvalue weighted by Crippen LogP contribution is 2.39. The molecule has 4 heteroatoms. The van der Waals surface area contributed by atoms with E-state index in [1.165, 1.54) is 5.56 Å². The zero-order valence-electron chi connectivity index (χ0n) is 15.3. The lowest BCUT2D eigenvalue weighted by Crippen LogP contribution is -2.25. The highest BCUT2D eigenvalue weighted by Gasteiger charge is 2.28. The van der Waals surface area contributed by atoms with Gasteiger partial charge in [-0.3, -0.25) is 4.79 Å². The molecule has 4 nitrogen and oxygen atoms in total. The first kappa shape index (κ1) is 19.5. The predicted molar refractivity (Wildman–Crippen MR) is 93.9 cm³/mol. The smallest absolute Gasteiger partial charge is 0.303 e. The Morgan fingerprint density at radius 3 is 2.35 bits per heavy atom. The Hall–Kier alpha value is -1.55. The van der Waals surface area contributed by atoms with Crippen molar-refractivity contribution in [2.24, 2.45) is 11.1 Å². The Bertz CT molecular complexity index is 544. The predicted octanol–water partition coefficient (Wildman–Crippen LogP) is 4.27. The molecule has 0 amide bonds. The van der Waals surface area contributed by atoms with Gasteiger partial charge in [-0.1, -0.05) is 40.7 Å². The van der Waals surface area contributed by atoms with E-state index in [-0.39, 0.29) is 23.3 Å². The van der Waals surface area contributed by atoms with Gasteiger partial charge in [-0.25, -0.2) is 0 Å². The summed E-state index contributed by atoms with van der Waals surface area (Å²) in [5.41, 5.74) is 8.52. The number of ether oxygens (including phenoxy) is 1. The number of carboxylic acids is 1. The van der Waals surface area contributed by atoms with Crippen LogP contribution in [-0.4, -0.2) is 18.2 Å². The summed E-state index contributed by atoms with van der Waals surface area (Å²) >= 11 is 0. The molecule has 0 bridgehead atoms. The van der Waals surface area contributed by atoms with Gasteiger partial charge in [0.25, 0.3) is 0 Å². The molecule has 0 heterocycles. The van der Waals surface area contributed by atoms with Crippen LogP contribution in [0.5, 0.6) is 5.75 Å². The van der Waals surface area contributed by atoms with Crippen molar-refractivity contribution in [1.82, 2.24) is 0 Å². The van der Waals surface area contributed by atoms with Crippen molar-refractivity contribution in [1.29, 1.82) is 0 Å². The van der Waals surface area contributed by atoms with Crippen LogP contribution in [0.4, 0.5) is 0 Å². The minimum Gasteiger partial charge on any atom is -0.496 e. The van der Waals surface area contributed by atoms with E-state index >= 15 is 0 Å². The Morgan fingerprint density at radius 2 is 1.87 bits per heavy atom. The van der Waals surface area contributed by atoms with Gasteiger partial charge in [-0.05, 0) is 41.4 Å². The first-order valence-corrected chi connectivity index (χ1v) is 8.12. The zero-order valence-corrected chi connectivity index (χ0v) is 15.3. The van der Waals surface area contributed by atoms with Gasteiger partial charge in [0.05, 0.1) is 7.11 Å². The fraction of sp³-hybridized carbons (Fsp3) is 0.632. The zero-order chi connectivity index (χ0) is 17.8. The number of benzene rings is 1. The molecule has 0 fully saturated rings. The number of aliphatic carboxylic acids is 1. The van der Waals surface area contributed by atoms with E-state index in [2.05, 4.69) is 46.8 Å². The molecule has 0 radical (unpaired) electrons. The van der Waals surface area contributed by atoms with E-state index in [0.717, 1.165) is 17.7 Å². The normalized spacial score (nSPS) is 13.7. The van der Waals surface area contributed by atoms with Gasteiger partial charge in [-0.15, -0.1) is 0 Å². The van der Waals surface area contributed by atoms with Gasteiger partial charge >= 0.3 is 5.97 Å². The quantitative estimate of drug-likeness (QED) is 0.786. The van der Waals surface area contributed by atoms with Crippen molar-refractivity contribution in [2.75, 3.05) is 7.11 Å². The number of hydrogen-bond donors (Lipinski definition) is 2. The van der Waals surface area contributed by atoms with Crippen molar-refractivity contribution < 1.29 is 14.6 Å². The molecule has 1 rings (SSSR count). The lowest BCUT2D eigenvalue weighted by Gasteiger charge is -2.33. The molecule has 0 aromatic heterocycles. The molecule has 0 aliphatic heterocycles. The second-order valence-electron chi connectivity index (χ2n) is 8.12. The van der Waals surface area contributed by atoms with Crippen molar-refractivity contribution in [3.63, 3.8) is 0 Å². The summed E-state index contributed by atoms with van der Waals surface area (Å²) in [4.78, 5) is 10.8. The van der Waals surface area contributed by atoms with Gasteiger partial charge in [0.1, 0.15) is 5.75 Å². The molecule has 1 aromatic rings. The van der Waals surface area contributed by atoms with E-state index in [1.807, 2.05) is 6.07 Å². The minimum absolute atomic E-state index is 0.00574. The average Bonchev–Trinajstić information content (AvgIpc) is 2.41. The Balaban J connectivity index is 3.13. The minimum atomic E-state index is -0.830. The van der Waals surface area contributed by atoms with Gasteiger partial charge in [0, 0.05) is 18.0 Å². The molecular weight excluding hydrogens is 290 g/mol. The average molecular weight is 321 g/mol. The molecule has 0 spiro atoms. The molecule has 0 saturated carbocycles. The number of methoxy groups -OCH3 is 1. The van der Waals surface area contributed by atoms with Crippen LogP contribution in [-0.2, 0) is 10.2 Å². The summed E-state index contributed by atoms with van der Waals surface area (Å²) in [5, 5.41) is 8.86. The maximum atomic E-state index is 10.8. The molecule has 1 atom stereocenters. The Kier molecular flexibility index (Phi) is 6.23. The molecule has 0 aliphatic carbocycles. The third-order valence-electron chi connectivity index (χ3n) is 4.05. The fourth-order valence-corrected chi connectivity index (χ4v) is 3.31. The summed E-state index contributed by atoms with van der Waals surface area (Å²) in [6.07, 6.45) is 1.49. The van der Waals surface area contributed by atoms with Crippen LogP contribution in [0.2, 0.25) is 0 Å². The van der Waals surface area contributed by atoms with E-state index in [1.54, 1.807) is 7.11 Å². The summed E-state index contributed by atoms with van der Waals surface area (Å²) in [7, 11) is 1.61. The summed E-state index contributed by atoms with van der Waals surface area (Å²) in [5.74, 6) is -0.109. The molecule has 130 valence electrons. The van der Waals surface area contributed by atoms with E-state index in [9.17, 15) is 4.79 Å². The molecule has 0 aliphatic rings. The molecule has 3 N–H and O–H groups in total. The molecule has 1 unspecified atom stereocenters. The van der Waals surface area contributed by atoms with Crippen LogP contribution in [0.3, 0.4) is 0 Å². The number of nitrogens with two attached hydrogens (primary N) is 1. The number of carboxylic acid groups (broad SMARTS) is 1. The second-order valence-corrected chi connectivity index (χ2v) is 8.12. The lowest BCUT2D eigenvalue weighted by molar-refractivity contribution is -0.137. The number of rotatable bonds is 7. The standard InChI is InChI=1S/C19H31NO3/c1-18(2,3)12-19(4,5)13-7-9-16(23-6)14(11-13)15(20)8-10-17(21)22/h7,9,11,15H,8,10,12,20H2,1-6H3,(H,21,22). The molecule has 0 saturated heterocycles. The molecule has 1 aromatic carbocycles. The van der Waals surface area contributed by atoms with E-state index < -0.39 is 5.97 Å². The Morgan fingerprint density at radius 1 is 1.26 bits per heavy atom. The molecular formula is C19H31NO3. The molecule has 23 heavy (non-hydrogen) atoms. The second kappa shape index (κ2) is 7.35. The first-order valence-electron chi connectivity index (χ1n) is 8.12. The largest absolute Gasteiger partial charge is 0.496 e. The van der Waals surface area contributed by atoms with Crippen molar-refractivity contribution in [3.8, 4) is 5.75 Å². The van der Waals surface area contributed by atoms with Crippen molar-refractivity contribution in [2.45, 2.75) is 65.3 Å². The fourth-order valence-electron chi connectivity index (χ4n) is 3.31. The van der Waals surface area contributed by atoms with Crippen LogP contribution >= 0.6 is 0 Å². The monoisotopic (exact) mass is 321 g/mol. The summed E-state index contributed by atoms with van der Waals surface area (Å²) in [6, 6.07) is 5.76. The lowest BCUT2D eigenvalue weighted by atomic mass is 9.72. The van der Waals surface area contributed by atoms with Crippen LogP contribution < -0.4 is 10.5 Å². The maximum Gasteiger partial charge on any atom is 0.303 e. The van der Waals surface area contributed by atoms with Crippen LogP contribution in [0, 0.1) is 5.41 Å². The van der Waals surface area contributed by atoms with E-state index in [4.69, 9.17) is 15.6 Å². The Labute approximate surface area is 140 Å². The van der Waals surface area contributed by atoms with Crippen molar-refractivity contribution >= 4 is 5.97 Å². The summed E-state index contributed by atoms with van der Waals surface area (Å²) < 4.78 is 5.41. The first-order chi connectivity index (χ1) is 10.5. The summed E-state index contributed by atoms with van der Waals surface area (Å²) in [6.45, 7) is 11.2. The van der Waals surface area contributed by atoms with E-state index in [0.29, 0.717) is 6.42 Å². The van der Waals surface area contributed by atoms with Gasteiger partial charge in [-0.2, -0.15) is 0 Å². The van der Waals surface area contributed by atoms with Gasteiger partial charge in [0.15, 0.2) is 0 Å². The SMILES string of the molecule is COc1ccc(C(C)(C)CC(C)(C)C)cc1C(N)CCC(=O)O. The van der Waals surface area contributed by atoms with Crippen LogP contribution in [0.25, 0.3) is 0 Å². The van der Waals surface area contributed by atoms with Crippen molar-refractivity contribution in [3.05, 3.63) is 29.3 Å². The highest BCUT2D eigenvalue weighted by atomic mass is 16.5. The van der Waals surface area contributed by atoms with Crippen LogP contribution in [0.15, 0.2) is 18.2 Å². The maximum absolute atomic E-state index is 10.8. The van der Waals surface area contributed by atoms with Crippen LogP contribution in [0.1, 0.15) is 71.0 Å². The number of hydrogen-bond acceptors (Lipinski definition) is 3.